The Morgan fingerprint density at radius 1 is 1.48 bits per heavy atom. The lowest BCUT2D eigenvalue weighted by Crippen LogP contribution is -2.09. The van der Waals surface area contributed by atoms with Crippen molar-refractivity contribution < 1.29 is 9.53 Å². The van der Waals surface area contributed by atoms with Crippen molar-refractivity contribution in [2.24, 2.45) is 0 Å². The van der Waals surface area contributed by atoms with Crippen molar-refractivity contribution in [3.05, 3.63) is 45.4 Å². The molecule has 1 unspecified atom stereocenters. The van der Waals surface area contributed by atoms with Crippen LogP contribution >= 0.6 is 22.9 Å². The number of carbonyl (C=O) groups excluding carboxylic acids is 1. The zero-order chi connectivity index (χ0) is 15.4. The van der Waals surface area contributed by atoms with E-state index >= 15 is 0 Å². The first-order valence-electron chi connectivity index (χ1n) is 6.68. The number of anilines is 1. The van der Waals surface area contributed by atoms with Crippen molar-refractivity contribution in [2.75, 3.05) is 11.9 Å². The fourth-order valence-corrected chi connectivity index (χ4v) is 3.12. The topological polar surface area (TPSA) is 51.2 Å². The third-order valence-corrected chi connectivity index (χ3v) is 4.22. The first-order valence-corrected chi connectivity index (χ1v) is 7.87. The summed E-state index contributed by atoms with van der Waals surface area (Å²) in [5, 5.41) is 4.66. The summed E-state index contributed by atoms with van der Waals surface area (Å²) in [6, 6.07) is 7.65. The Morgan fingerprint density at radius 2 is 2.19 bits per heavy atom. The minimum atomic E-state index is -0.385. The predicted molar refractivity (Wildman–Crippen MR) is 86.3 cm³/mol. The highest BCUT2D eigenvalue weighted by molar-refractivity contribution is 7.15. The lowest BCUT2D eigenvalue weighted by Gasteiger charge is -2.14. The van der Waals surface area contributed by atoms with Gasteiger partial charge in [0.05, 0.1) is 12.6 Å². The molecule has 4 nitrogen and oxygen atoms in total. The molecule has 6 heteroatoms. The van der Waals surface area contributed by atoms with E-state index < -0.39 is 0 Å². The maximum Gasteiger partial charge on any atom is 0.358 e. The van der Waals surface area contributed by atoms with E-state index in [0.717, 1.165) is 10.4 Å². The fraction of sp³-hybridized carbons (Fsp3) is 0.333. The standard InChI is InChI=1S/C15H17ClN2O2S/c1-4-20-14(19)13-10(3)21-15(18-13)17-9(2)11-7-5-6-8-12(11)16/h5-9H,4H2,1-3H3,(H,17,18). The number of esters is 1. The van der Waals surface area contributed by atoms with Gasteiger partial charge in [0.25, 0.3) is 0 Å². The largest absolute Gasteiger partial charge is 0.461 e. The second kappa shape index (κ2) is 6.91. The van der Waals surface area contributed by atoms with Crippen molar-refractivity contribution in [1.29, 1.82) is 0 Å². The van der Waals surface area contributed by atoms with E-state index in [-0.39, 0.29) is 12.0 Å². The van der Waals surface area contributed by atoms with Crippen molar-refractivity contribution >= 4 is 34.0 Å². The van der Waals surface area contributed by atoms with Crippen LogP contribution in [0.15, 0.2) is 24.3 Å². The minimum absolute atomic E-state index is 0.000652. The molecule has 112 valence electrons. The number of hydrogen-bond donors (Lipinski definition) is 1. The number of halogens is 1. The van der Waals surface area contributed by atoms with Crippen LogP contribution in [0.25, 0.3) is 0 Å². The number of hydrogen-bond acceptors (Lipinski definition) is 5. The normalized spacial score (nSPS) is 12.0. The summed E-state index contributed by atoms with van der Waals surface area (Å²) in [6.07, 6.45) is 0. The van der Waals surface area contributed by atoms with Gasteiger partial charge in [0.1, 0.15) is 0 Å². The number of aryl methyl sites for hydroxylation is 1. The SMILES string of the molecule is CCOC(=O)c1nc(NC(C)c2ccccc2Cl)sc1C. The predicted octanol–water partition coefficient (Wildman–Crippen LogP) is 4.45. The summed E-state index contributed by atoms with van der Waals surface area (Å²) in [7, 11) is 0. The molecule has 1 heterocycles. The van der Waals surface area contributed by atoms with E-state index in [0.29, 0.717) is 22.5 Å². The molecule has 0 saturated carbocycles. The number of carbonyl (C=O) groups is 1. The highest BCUT2D eigenvalue weighted by atomic mass is 35.5. The maximum absolute atomic E-state index is 11.8. The molecule has 0 aliphatic carbocycles. The van der Waals surface area contributed by atoms with E-state index in [4.69, 9.17) is 16.3 Å². The number of thiazole rings is 1. The van der Waals surface area contributed by atoms with Crippen LogP contribution in [-0.4, -0.2) is 17.6 Å². The molecule has 1 N–H and O–H groups in total. The number of nitrogens with zero attached hydrogens (tertiary/aromatic N) is 1. The molecular formula is C15H17ClN2O2S. The maximum atomic E-state index is 11.8. The molecule has 2 rings (SSSR count). The minimum Gasteiger partial charge on any atom is -0.461 e. The van der Waals surface area contributed by atoms with Gasteiger partial charge in [-0.2, -0.15) is 0 Å². The van der Waals surface area contributed by atoms with Crippen molar-refractivity contribution in [3.8, 4) is 0 Å². The van der Waals surface area contributed by atoms with E-state index in [1.165, 1.54) is 11.3 Å². The van der Waals surface area contributed by atoms with Gasteiger partial charge in [0.15, 0.2) is 10.8 Å². The number of rotatable bonds is 5. The van der Waals surface area contributed by atoms with Gasteiger partial charge in [-0.25, -0.2) is 9.78 Å². The van der Waals surface area contributed by atoms with Crippen LogP contribution < -0.4 is 5.32 Å². The van der Waals surface area contributed by atoms with Crippen LogP contribution in [0.2, 0.25) is 5.02 Å². The van der Waals surface area contributed by atoms with E-state index in [1.807, 2.05) is 38.1 Å². The van der Waals surface area contributed by atoms with Gasteiger partial charge < -0.3 is 10.1 Å². The average Bonchev–Trinajstić information content (AvgIpc) is 2.80. The van der Waals surface area contributed by atoms with Crippen LogP contribution in [0.3, 0.4) is 0 Å². The van der Waals surface area contributed by atoms with Crippen LogP contribution in [0.4, 0.5) is 5.13 Å². The molecule has 1 aromatic heterocycles. The Bertz CT molecular complexity index is 642. The van der Waals surface area contributed by atoms with Gasteiger partial charge in [-0.15, -0.1) is 11.3 Å². The molecule has 1 atom stereocenters. The summed E-state index contributed by atoms with van der Waals surface area (Å²) >= 11 is 7.61. The lowest BCUT2D eigenvalue weighted by molar-refractivity contribution is 0.0519. The van der Waals surface area contributed by atoms with Gasteiger partial charge in [-0.3, -0.25) is 0 Å². The summed E-state index contributed by atoms with van der Waals surface area (Å²) in [4.78, 5) is 16.9. The molecule has 0 aliphatic heterocycles. The molecule has 21 heavy (non-hydrogen) atoms. The Kier molecular flexibility index (Phi) is 5.20. The molecule has 0 aliphatic rings. The van der Waals surface area contributed by atoms with E-state index in [9.17, 15) is 4.79 Å². The molecule has 0 spiro atoms. The van der Waals surface area contributed by atoms with Crippen molar-refractivity contribution in [3.63, 3.8) is 0 Å². The van der Waals surface area contributed by atoms with Gasteiger partial charge in [-0.05, 0) is 32.4 Å². The molecule has 0 fully saturated rings. The van der Waals surface area contributed by atoms with Gasteiger partial charge >= 0.3 is 5.97 Å². The van der Waals surface area contributed by atoms with Gasteiger partial charge in [-0.1, -0.05) is 29.8 Å². The van der Waals surface area contributed by atoms with E-state index in [1.54, 1.807) is 6.92 Å². The number of nitrogens with one attached hydrogen (secondary N) is 1. The number of benzene rings is 1. The zero-order valence-electron chi connectivity index (χ0n) is 12.1. The summed E-state index contributed by atoms with van der Waals surface area (Å²) in [5.41, 5.74) is 1.36. The first-order chi connectivity index (χ1) is 10.0. The highest BCUT2D eigenvalue weighted by Crippen LogP contribution is 2.29. The average molecular weight is 325 g/mol. The number of ether oxygens (including phenoxy) is 1. The smallest absolute Gasteiger partial charge is 0.358 e. The fourth-order valence-electron chi connectivity index (χ4n) is 1.94. The van der Waals surface area contributed by atoms with Crippen LogP contribution in [0, 0.1) is 6.92 Å². The summed E-state index contributed by atoms with van der Waals surface area (Å²) in [6.45, 7) is 5.98. The third kappa shape index (κ3) is 3.74. The molecule has 2 aromatic rings. The summed E-state index contributed by atoms with van der Waals surface area (Å²) < 4.78 is 4.99. The molecule has 0 radical (unpaired) electrons. The molecule has 0 saturated heterocycles. The summed E-state index contributed by atoms with van der Waals surface area (Å²) in [5.74, 6) is -0.385. The van der Waals surface area contributed by atoms with Crippen LogP contribution in [-0.2, 0) is 4.74 Å². The Labute approximate surface area is 133 Å². The Hall–Kier alpha value is -1.59. The molecule has 1 aromatic carbocycles. The van der Waals surface area contributed by atoms with Crippen LogP contribution in [0.5, 0.6) is 0 Å². The van der Waals surface area contributed by atoms with Gasteiger partial charge in [0, 0.05) is 9.90 Å². The monoisotopic (exact) mass is 324 g/mol. The Balaban J connectivity index is 2.15. The third-order valence-electron chi connectivity index (χ3n) is 2.98. The first kappa shape index (κ1) is 15.8. The molecular weight excluding hydrogens is 308 g/mol. The highest BCUT2D eigenvalue weighted by Gasteiger charge is 2.18. The number of aromatic nitrogens is 1. The second-order valence-corrected chi connectivity index (χ2v) is 6.14. The van der Waals surface area contributed by atoms with Crippen LogP contribution in [0.1, 0.15) is 40.8 Å². The van der Waals surface area contributed by atoms with Crippen molar-refractivity contribution in [2.45, 2.75) is 26.8 Å². The second-order valence-electron chi connectivity index (χ2n) is 4.53. The lowest BCUT2D eigenvalue weighted by atomic mass is 10.1. The van der Waals surface area contributed by atoms with Crippen molar-refractivity contribution in [1.82, 2.24) is 4.98 Å². The molecule has 0 amide bonds. The molecule has 0 bridgehead atoms. The van der Waals surface area contributed by atoms with Gasteiger partial charge in [0.2, 0.25) is 0 Å². The van der Waals surface area contributed by atoms with E-state index in [2.05, 4.69) is 10.3 Å². The Morgan fingerprint density at radius 3 is 2.86 bits per heavy atom. The zero-order valence-corrected chi connectivity index (χ0v) is 13.7. The quantitative estimate of drug-likeness (QED) is 0.825.